The van der Waals surface area contributed by atoms with E-state index in [-0.39, 0.29) is 5.60 Å². The van der Waals surface area contributed by atoms with Crippen molar-refractivity contribution in [2.75, 3.05) is 7.11 Å². The smallest absolute Gasteiger partial charge is 0.164 e. The van der Waals surface area contributed by atoms with Crippen LogP contribution in [0.1, 0.15) is 33.0 Å². The third-order valence-corrected chi connectivity index (χ3v) is 2.61. The Hall–Kier alpha value is -0.940. The van der Waals surface area contributed by atoms with Crippen LogP contribution in [-0.4, -0.2) is 33.5 Å². The summed E-state index contributed by atoms with van der Waals surface area (Å²) >= 11 is 0. The summed E-state index contributed by atoms with van der Waals surface area (Å²) in [6, 6.07) is 0.374. The highest BCUT2D eigenvalue weighted by molar-refractivity contribution is 4.82. The fraction of sp³-hybridized carbons (Fsp3) is 0.818. The largest absolute Gasteiger partial charge is 0.379 e. The van der Waals surface area contributed by atoms with Gasteiger partial charge in [0.2, 0.25) is 0 Å². The number of aryl methyl sites for hydroxylation is 1. The lowest BCUT2D eigenvalue weighted by Crippen LogP contribution is -2.35. The summed E-state index contributed by atoms with van der Waals surface area (Å²) in [7, 11) is 3.61. The van der Waals surface area contributed by atoms with Gasteiger partial charge in [-0.2, -0.15) is 5.10 Å². The predicted octanol–water partition coefficient (Wildman–Crippen LogP) is 1.11. The molecule has 0 saturated heterocycles. The molecule has 0 saturated carbocycles. The molecule has 0 amide bonds. The molecule has 1 N–H and O–H groups in total. The molecule has 1 aromatic rings. The van der Waals surface area contributed by atoms with E-state index in [1.54, 1.807) is 18.1 Å². The first-order chi connectivity index (χ1) is 7.43. The standard InChI is InChI=1S/C11H22N4O/c1-9(6-11(2,3)16-5)12-7-10-13-8-15(4)14-10/h8-9,12H,6-7H2,1-5H3. The first-order valence-electron chi connectivity index (χ1n) is 5.56. The van der Waals surface area contributed by atoms with Gasteiger partial charge in [0.15, 0.2) is 5.82 Å². The molecule has 0 spiro atoms. The van der Waals surface area contributed by atoms with Crippen LogP contribution in [0.5, 0.6) is 0 Å². The summed E-state index contributed by atoms with van der Waals surface area (Å²) < 4.78 is 7.10. The van der Waals surface area contributed by atoms with Crippen molar-refractivity contribution in [2.45, 2.75) is 45.4 Å². The fourth-order valence-electron chi connectivity index (χ4n) is 1.62. The lowest BCUT2D eigenvalue weighted by molar-refractivity contribution is 0.00839. The summed E-state index contributed by atoms with van der Waals surface area (Å²) in [5, 5.41) is 7.60. The zero-order valence-electron chi connectivity index (χ0n) is 10.8. The van der Waals surface area contributed by atoms with Crippen LogP contribution in [-0.2, 0) is 18.3 Å². The number of hydrogen-bond donors (Lipinski definition) is 1. The second-order valence-electron chi connectivity index (χ2n) is 4.78. The Kier molecular flexibility index (Phi) is 4.44. The van der Waals surface area contributed by atoms with Gasteiger partial charge in [-0.25, -0.2) is 4.98 Å². The van der Waals surface area contributed by atoms with Gasteiger partial charge in [0, 0.05) is 20.2 Å². The number of methoxy groups -OCH3 is 1. The van der Waals surface area contributed by atoms with Crippen molar-refractivity contribution in [2.24, 2.45) is 7.05 Å². The van der Waals surface area contributed by atoms with Crippen LogP contribution in [0.4, 0.5) is 0 Å². The molecule has 1 atom stereocenters. The highest BCUT2D eigenvalue weighted by Crippen LogP contribution is 2.15. The Morgan fingerprint density at radius 2 is 2.25 bits per heavy atom. The Labute approximate surface area is 97.2 Å². The summed E-state index contributed by atoms with van der Waals surface area (Å²) in [5.41, 5.74) is -0.0933. The van der Waals surface area contributed by atoms with Gasteiger partial charge in [0.25, 0.3) is 0 Å². The van der Waals surface area contributed by atoms with E-state index < -0.39 is 0 Å². The second-order valence-corrected chi connectivity index (χ2v) is 4.78. The van der Waals surface area contributed by atoms with E-state index in [1.807, 2.05) is 7.05 Å². The molecule has 1 unspecified atom stereocenters. The fourth-order valence-corrected chi connectivity index (χ4v) is 1.62. The highest BCUT2D eigenvalue weighted by Gasteiger charge is 2.19. The Bertz CT molecular complexity index is 322. The maximum absolute atomic E-state index is 5.39. The van der Waals surface area contributed by atoms with Crippen LogP contribution < -0.4 is 5.32 Å². The lowest BCUT2D eigenvalue weighted by atomic mass is 10.00. The third-order valence-electron chi connectivity index (χ3n) is 2.61. The zero-order chi connectivity index (χ0) is 12.2. The molecule has 0 bridgehead atoms. The zero-order valence-corrected chi connectivity index (χ0v) is 10.8. The molecule has 0 aliphatic rings. The second kappa shape index (κ2) is 5.41. The molecule has 5 heteroatoms. The summed E-state index contributed by atoms with van der Waals surface area (Å²) in [5.74, 6) is 0.824. The molecule has 16 heavy (non-hydrogen) atoms. The molecule has 5 nitrogen and oxygen atoms in total. The SMILES string of the molecule is COC(C)(C)CC(C)NCc1ncn(C)n1. The molecule has 1 heterocycles. The molecule has 0 aliphatic heterocycles. The summed E-state index contributed by atoms with van der Waals surface area (Å²) in [6.07, 6.45) is 2.66. The van der Waals surface area contributed by atoms with Crippen LogP contribution in [0.3, 0.4) is 0 Å². The van der Waals surface area contributed by atoms with Crippen molar-refractivity contribution < 1.29 is 4.74 Å². The Morgan fingerprint density at radius 1 is 1.56 bits per heavy atom. The minimum Gasteiger partial charge on any atom is -0.379 e. The number of aromatic nitrogens is 3. The minimum atomic E-state index is -0.0933. The molecule has 0 aromatic carbocycles. The van der Waals surface area contributed by atoms with Gasteiger partial charge in [-0.3, -0.25) is 4.68 Å². The predicted molar refractivity (Wildman–Crippen MR) is 63.0 cm³/mol. The van der Waals surface area contributed by atoms with E-state index in [2.05, 4.69) is 36.2 Å². The van der Waals surface area contributed by atoms with Crippen LogP contribution in [0.15, 0.2) is 6.33 Å². The van der Waals surface area contributed by atoms with Crippen molar-refractivity contribution in [3.63, 3.8) is 0 Å². The van der Waals surface area contributed by atoms with E-state index >= 15 is 0 Å². The van der Waals surface area contributed by atoms with E-state index in [0.29, 0.717) is 12.6 Å². The first-order valence-corrected chi connectivity index (χ1v) is 5.56. The monoisotopic (exact) mass is 226 g/mol. The maximum Gasteiger partial charge on any atom is 0.164 e. The normalized spacial score (nSPS) is 14.1. The minimum absolute atomic E-state index is 0.0933. The molecule has 0 fully saturated rings. The number of nitrogens with zero attached hydrogens (tertiary/aromatic N) is 3. The number of ether oxygens (including phenoxy) is 1. The molecular formula is C11H22N4O. The van der Waals surface area contributed by atoms with Crippen LogP contribution >= 0.6 is 0 Å². The van der Waals surface area contributed by atoms with Crippen LogP contribution in [0.25, 0.3) is 0 Å². The maximum atomic E-state index is 5.39. The number of nitrogens with one attached hydrogen (secondary N) is 1. The average molecular weight is 226 g/mol. The molecule has 0 radical (unpaired) electrons. The van der Waals surface area contributed by atoms with Gasteiger partial charge in [0.05, 0.1) is 12.1 Å². The average Bonchev–Trinajstić information content (AvgIpc) is 2.61. The highest BCUT2D eigenvalue weighted by atomic mass is 16.5. The molecule has 0 aliphatic carbocycles. The van der Waals surface area contributed by atoms with E-state index in [9.17, 15) is 0 Å². The van der Waals surface area contributed by atoms with Crippen molar-refractivity contribution >= 4 is 0 Å². The lowest BCUT2D eigenvalue weighted by Gasteiger charge is -2.26. The summed E-state index contributed by atoms with van der Waals surface area (Å²) in [4.78, 5) is 4.16. The Morgan fingerprint density at radius 3 is 2.75 bits per heavy atom. The van der Waals surface area contributed by atoms with Crippen LogP contribution in [0, 0.1) is 0 Å². The van der Waals surface area contributed by atoms with Gasteiger partial charge in [0.1, 0.15) is 6.33 Å². The van der Waals surface area contributed by atoms with E-state index in [0.717, 1.165) is 12.2 Å². The van der Waals surface area contributed by atoms with Gasteiger partial charge in [-0.05, 0) is 27.2 Å². The van der Waals surface area contributed by atoms with Crippen molar-refractivity contribution in [3.05, 3.63) is 12.2 Å². The van der Waals surface area contributed by atoms with E-state index in [4.69, 9.17) is 4.74 Å². The Balaban J connectivity index is 2.33. The summed E-state index contributed by atoms with van der Waals surface area (Å²) in [6.45, 7) is 7.01. The molecule has 92 valence electrons. The molecule has 1 aromatic heterocycles. The number of rotatable bonds is 6. The van der Waals surface area contributed by atoms with Gasteiger partial charge >= 0.3 is 0 Å². The van der Waals surface area contributed by atoms with Crippen LogP contribution in [0.2, 0.25) is 0 Å². The topological polar surface area (TPSA) is 52.0 Å². The molecular weight excluding hydrogens is 204 g/mol. The first kappa shape index (κ1) is 13.1. The van der Waals surface area contributed by atoms with Gasteiger partial charge in [-0.1, -0.05) is 0 Å². The molecule has 1 rings (SSSR count). The van der Waals surface area contributed by atoms with E-state index in [1.165, 1.54) is 0 Å². The number of hydrogen-bond acceptors (Lipinski definition) is 4. The quantitative estimate of drug-likeness (QED) is 0.789. The third kappa shape index (κ3) is 4.28. The van der Waals surface area contributed by atoms with Gasteiger partial charge < -0.3 is 10.1 Å². The van der Waals surface area contributed by atoms with Crippen molar-refractivity contribution in [1.82, 2.24) is 20.1 Å². The van der Waals surface area contributed by atoms with Gasteiger partial charge in [-0.15, -0.1) is 0 Å². The van der Waals surface area contributed by atoms with Crippen molar-refractivity contribution in [1.29, 1.82) is 0 Å². The van der Waals surface area contributed by atoms with Crippen molar-refractivity contribution in [3.8, 4) is 0 Å².